The highest BCUT2D eigenvalue weighted by molar-refractivity contribution is 5.86. The van der Waals surface area contributed by atoms with Gasteiger partial charge in [0, 0.05) is 0 Å². The molecule has 3 aromatic rings. The Hall–Kier alpha value is -2.12. The van der Waals surface area contributed by atoms with Crippen LogP contribution in [0.4, 0.5) is 0 Å². The van der Waals surface area contributed by atoms with E-state index in [1.54, 1.807) is 0 Å². The summed E-state index contributed by atoms with van der Waals surface area (Å²) in [6.45, 7) is 2.17. The Morgan fingerprint density at radius 1 is 0.905 bits per heavy atom. The quantitative estimate of drug-likeness (QED) is 0.720. The summed E-state index contributed by atoms with van der Waals surface area (Å²) < 4.78 is 0. The minimum atomic E-state index is -0.576. The Kier molecular flexibility index (Phi) is 4.03. The van der Waals surface area contributed by atoms with Crippen molar-refractivity contribution in [2.24, 2.45) is 0 Å². The average Bonchev–Trinajstić information content (AvgIpc) is 2.54. The smallest absolute Gasteiger partial charge is 0.105 e. The fourth-order valence-corrected chi connectivity index (χ4v) is 2.88. The van der Waals surface area contributed by atoms with E-state index in [9.17, 15) is 5.11 Å². The number of fused-ring (bicyclic) bond motifs is 1. The highest BCUT2D eigenvalue weighted by atomic mass is 16.3. The summed E-state index contributed by atoms with van der Waals surface area (Å²) in [5.41, 5.74) is 3.23. The molecule has 0 saturated heterocycles. The lowest BCUT2D eigenvalue weighted by Gasteiger charge is -2.15. The molecule has 0 bridgehead atoms. The van der Waals surface area contributed by atoms with Crippen LogP contribution in [0.15, 0.2) is 66.7 Å². The monoisotopic (exact) mass is 276 g/mol. The maximum atomic E-state index is 10.8. The molecule has 1 nitrogen and oxygen atoms in total. The van der Waals surface area contributed by atoms with Crippen LogP contribution in [0.25, 0.3) is 10.8 Å². The molecule has 1 heteroatoms. The maximum absolute atomic E-state index is 10.8. The normalized spacial score (nSPS) is 12.5. The van der Waals surface area contributed by atoms with Crippen molar-refractivity contribution in [1.29, 1.82) is 0 Å². The van der Waals surface area contributed by atoms with E-state index < -0.39 is 6.10 Å². The lowest BCUT2D eigenvalue weighted by atomic mass is 9.94. The topological polar surface area (TPSA) is 20.2 Å². The number of aryl methyl sites for hydroxylation is 1. The standard InChI is InChI=1S/C20H20O/c1-2-7-15-8-5-11-17(14-15)20(21)19-13-6-10-16-9-3-4-12-18(16)19/h3-6,8-14,20-21H,2,7H2,1H3. The molecule has 3 rings (SSSR count). The van der Waals surface area contributed by atoms with Gasteiger partial charge in [-0.25, -0.2) is 0 Å². The van der Waals surface area contributed by atoms with E-state index in [4.69, 9.17) is 0 Å². The van der Waals surface area contributed by atoms with E-state index in [0.29, 0.717) is 0 Å². The van der Waals surface area contributed by atoms with Gasteiger partial charge in [-0.2, -0.15) is 0 Å². The van der Waals surface area contributed by atoms with Crippen molar-refractivity contribution in [1.82, 2.24) is 0 Å². The first-order valence-electron chi connectivity index (χ1n) is 7.54. The van der Waals surface area contributed by atoms with Crippen molar-refractivity contribution in [3.05, 3.63) is 83.4 Å². The first-order valence-corrected chi connectivity index (χ1v) is 7.54. The molecule has 0 amide bonds. The van der Waals surface area contributed by atoms with Crippen LogP contribution in [-0.2, 0) is 6.42 Å². The van der Waals surface area contributed by atoms with Gasteiger partial charge in [0.15, 0.2) is 0 Å². The van der Waals surface area contributed by atoms with Crippen LogP contribution >= 0.6 is 0 Å². The Morgan fingerprint density at radius 2 is 1.67 bits per heavy atom. The zero-order valence-electron chi connectivity index (χ0n) is 12.3. The number of hydrogen-bond acceptors (Lipinski definition) is 1. The second-order valence-electron chi connectivity index (χ2n) is 5.47. The van der Waals surface area contributed by atoms with Gasteiger partial charge in [-0.15, -0.1) is 0 Å². The fourth-order valence-electron chi connectivity index (χ4n) is 2.88. The van der Waals surface area contributed by atoms with E-state index in [-0.39, 0.29) is 0 Å². The van der Waals surface area contributed by atoms with Crippen LogP contribution in [0.1, 0.15) is 36.1 Å². The highest BCUT2D eigenvalue weighted by Crippen LogP contribution is 2.29. The first-order chi connectivity index (χ1) is 10.3. The summed E-state index contributed by atoms with van der Waals surface area (Å²) in [5.74, 6) is 0. The lowest BCUT2D eigenvalue weighted by molar-refractivity contribution is 0.222. The Morgan fingerprint density at radius 3 is 2.52 bits per heavy atom. The van der Waals surface area contributed by atoms with Crippen molar-refractivity contribution in [3.8, 4) is 0 Å². The molecule has 21 heavy (non-hydrogen) atoms. The molecule has 0 saturated carbocycles. The zero-order chi connectivity index (χ0) is 14.7. The van der Waals surface area contributed by atoms with Gasteiger partial charge in [0.05, 0.1) is 0 Å². The number of aliphatic hydroxyl groups excluding tert-OH is 1. The second kappa shape index (κ2) is 6.11. The fraction of sp³-hybridized carbons (Fsp3) is 0.200. The molecule has 106 valence electrons. The Labute approximate surface area is 125 Å². The van der Waals surface area contributed by atoms with Gasteiger partial charge < -0.3 is 5.11 Å². The molecule has 0 fully saturated rings. The van der Waals surface area contributed by atoms with Crippen LogP contribution in [0.2, 0.25) is 0 Å². The van der Waals surface area contributed by atoms with Crippen molar-refractivity contribution >= 4 is 10.8 Å². The molecule has 1 atom stereocenters. The van der Waals surface area contributed by atoms with Crippen molar-refractivity contribution in [2.75, 3.05) is 0 Å². The van der Waals surface area contributed by atoms with Crippen LogP contribution in [0.3, 0.4) is 0 Å². The molecule has 0 aliphatic rings. The molecule has 0 aliphatic carbocycles. The third-order valence-corrected chi connectivity index (χ3v) is 3.92. The molecular weight excluding hydrogens is 256 g/mol. The Bertz CT molecular complexity index is 740. The second-order valence-corrected chi connectivity index (χ2v) is 5.47. The van der Waals surface area contributed by atoms with Crippen molar-refractivity contribution in [3.63, 3.8) is 0 Å². The van der Waals surface area contributed by atoms with E-state index in [0.717, 1.165) is 29.4 Å². The average molecular weight is 276 g/mol. The van der Waals surface area contributed by atoms with Gasteiger partial charge in [0.25, 0.3) is 0 Å². The summed E-state index contributed by atoms with van der Waals surface area (Å²) in [6.07, 6.45) is 1.59. The number of hydrogen-bond donors (Lipinski definition) is 1. The summed E-state index contributed by atoms with van der Waals surface area (Å²) in [5, 5.41) is 13.1. The van der Waals surface area contributed by atoms with E-state index >= 15 is 0 Å². The molecule has 0 spiro atoms. The van der Waals surface area contributed by atoms with Crippen molar-refractivity contribution < 1.29 is 5.11 Å². The van der Waals surface area contributed by atoms with Crippen LogP contribution in [0, 0.1) is 0 Å². The van der Waals surface area contributed by atoms with Gasteiger partial charge in [0.2, 0.25) is 0 Å². The predicted octanol–water partition coefficient (Wildman–Crippen LogP) is 4.87. The molecule has 0 aliphatic heterocycles. The van der Waals surface area contributed by atoms with Gasteiger partial charge in [-0.3, -0.25) is 0 Å². The summed E-state index contributed by atoms with van der Waals surface area (Å²) >= 11 is 0. The maximum Gasteiger partial charge on any atom is 0.105 e. The number of rotatable bonds is 4. The molecule has 3 aromatic carbocycles. The lowest BCUT2D eigenvalue weighted by Crippen LogP contribution is -2.01. The largest absolute Gasteiger partial charge is 0.384 e. The van der Waals surface area contributed by atoms with Crippen molar-refractivity contribution in [2.45, 2.75) is 25.9 Å². The number of benzene rings is 3. The first kappa shape index (κ1) is 13.8. The van der Waals surface area contributed by atoms with Gasteiger partial charge in [-0.1, -0.05) is 80.1 Å². The molecule has 0 radical (unpaired) electrons. The molecule has 0 aromatic heterocycles. The van der Waals surface area contributed by atoms with Gasteiger partial charge in [0.1, 0.15) is 6.10 Å². The van der Waals surface area contributed by atoms with E-state index in [1.807, 2.05) is 36.4 Å². The van der Waals surface area contributed by atoms with Crippen LogP contribution in [0.5, 0.6) is 0 Å². The number of aliphatic hydroxyl groups is 1. The minimum absolute atomic E-state index is 0.576. The third kappa shape index (κ3) is 2.84. The summed E-state index contributed by atoms with van der Waals surface area (Å²) in [7, 11) is 0. The van der Waals surface area contributed by atoms with E-state index in [2.05, 4.69) is 37.3 Å². The van der Waals surface area contributed by atoms with E-state index in [1.165, 1.54) is 10.9 Å². The Balaban J connectivity index is 2.04. The minimum Gasteiger partial charge on any atom is -0.384 e. The third-order valence-electron chi connectivity index (χ3n) is 3.92. The van der Waals surface area contributed by atoms with Crippen LogP contribution in [-0.4, -0.2) is 5.11 Å². The molecule has 1 unspecified atom stereocenters. The molecular formula is C20H20O. The van der Waals surface area contributed by atoms with Gasteiger partial charge in [-0.05, 0) is 33.9 Å². The molecule has 1 N–H and O–H groups in total. The highest BCUT2D eigenvalue weighted by Gasteiger charge is 2.13. The summed E-state index contributed by atoms with van der Waals surface area (Å²) in [6, 6.07) is 22.6. The van der Waals surface area contributed by atoms with Crippen LogP contribution < -0.4 is 0 Å². The van der Waals surface area contributed by atoms with Gasteiger partial charge >= 0.3 is 0 Å². The summed E-state index contributed by atoms with van der Waals surface area (Å²) in [4.78, 5) is 0. The SMILES string of the molecule is CCCc1cccc(C(O)c2cccc3ccccc23)c1. The molecule has 0 heterocycles. The zero-order valence-corrected chi connectivity index (χ0v) is 12.3. The predicted molar refractivity (Wildman–Crippen MR) is 88.4 cm³/mol.